The van der Waals surface area contributed by atoms with E-state index in [-0.39, 0.29) is 6.61 Å². The highest BCUT2D eigenvalue weighted by Crippen LogP contribution is 2.17. The molecule has 0 amide bonds. The topological polar surface area (TPSA) is 80.9 Å². The minimum Gasteiger partial charge on any atom is -0.394 e. The van der Waals surface area contributed by atoms with Gasteiger partial charge in [-0.1, -0.05) is 11.6 Å². The van der Waals surface area contributed by atoms with Gasteiger partial charge in [-0.3, -0.25) is 0 Å². The van der Waals surface area contributed by atoms with E-state index in [1.165, 1.54) is 6.92 Å². The molecule has 0 unspecified atom stereocenters. The summed E-state index contributed by atoms with van der Waals surface area (Å²) in [5.74, 6) is 0. The predicted octanol–water partition coefficient (Wildman–Crippen LogP) is -0.191. The zero-order valence-corrected chi connectivity index (χ0v) is 8.77. The largest absolute Gasteiger partial charge is 0.394 e. The van der Waals surface area contributed by atoms with Crippen LogP contribution in [0, 0.1) is 0 Å². The van der Waals surface area contributed by atoms with Crippen molar-refractivity contribution in [1.29, 1.82) is 0 Å². The minimum absolute atomic E-state index is 0.00466. The predicted molar refractivity (Wildman–Crippen MR) is 53.8 cm³/mol. The van der Waals surface area contributed by atoms with Gasteiger partial charge in [0, 0.05) is 0 Å². The smallest absolute Gasteiger partial charge is 0.105 e. The molecule has 0 aromatic carbocycles. The first-order chi connectivity index (χ1) is 6.44. The normalized spacial score (nSPS) is 19.1. The summed E-state index contributed by atoms with van der Waals surface area (Å²) in [6, 6.07) is 0. The lowest BCUT2D eigenvalue weighted by molar-refractivity contribution is -0.0866. The van der Waals surface area contributed by atoms with Gasteiger partial charge in [0.2, 0.25) is 0 Å². The van der Waals surface area contributed by atoms with E-state index in [2.05, 4.69) is 0 Å². The van der Waals surface area contributed by atoms with Gasteiger partial charge < -0.3 is 20.4 Å². The van der Waals surface area contributed by atoms with Crippen molar-refractivity contribution in [1.82, 2.24) is 0 Å². The first kappa shape index (κ1) is 13.6. The van der Waals surface area contributed by atoms with Gasteiger partial charge in [0.05, 0.1) is 18.8 Å². The standard InChI is InChI=1S/C10H20O4/c1-8(6-11)4-3-5-10(2,14)9(13)7-12/h4,9,11-14H,3,5-7H2,1-2H3/b8-4+/t9-,10-/m1/s1. The van der Waals surface area contributed by atoms with Gasteiger partial charge in [0.1, 0.15) is 6.10 Å². The van der Waals surface area contributed by atoms with Crippen molar-refractivity contribution in [3.05, 3.63) is 11.6 Å². The summed E-state index contributed by atoms with van der Waals surface area (Å²) in [6.07, 6.45) is 1.60. The fourth-order valence-corrected chi connectivity index (χ4v) is 1.04. The summed E-state index contributed by atoms with van der Waals surface area (Å²) >= 11 is 0. The van der Waals surface area contributed by atoms with Crippen LogP contribution in [0.2, 0.25) is 0 Å². The van der Waals surface area contributed by atoms with E-state index in [1.54, 1.807) is 13.0 Å². The molecule has 0 heterocycles. The molecule has 84 valence electrons. The van der Waals surface area contributed by atoms with Gasteiger partial charge in [0.15, 0.2) is 0 Å². The van der Waals surface area contributed by atoms with E-state index in [1.807, 2.05) is 0 Å². The third-order valence-corrected chi connectivity index (χ3v) is 2.28. The number of aliphatic hydroxyl groups excluding tert-OH is 3. The van der Waals surface area contributed by atoms with Crippen LogP contribution < -0.4 is 0 Å². The van der Waals surface area contributed by atoms with Crippen molar-refractivity contribution in [3.63, 3.8) is 0 Å². The molecule has 4 heteroatoms. The van der Waals surface area contributed by atoms with Crippen molar-refractivity contribution in [2.75, 3.05) is 13.2 Å². The quantitative estimate of drug-likeness (QED) is 0.452. The second-order valence-electron chi connectivity index (χ2n) is 3.80. The summed E-state index contributed by atoms with van der Waals surface area (Å²) in [5, 5.41) is 36.3. The molecule has 0 fully saturated rings. The third-order valence-electron chi connectivity index (χ3n) is 2.28. The third kappa shape index (κ3) is 4.72. The van der Waals surface area contributed by atoms with Gasteiger partial charge in [-0.15, -0.1) is 0 Å². The molecule has 4 nitrogen and oxygen atoms in total. The fourth-order valence-electron chi connectivity index (χ4n) is 1.04. The Hall–Kier alpha value is -0.420. The lowest BCUT2D eigenvalue weighted by Crippen LogP contribution is -2.41. The molecule has 0 aliphatic rings. The second kappa shape index (κ2) is 6.14. The first-order valence-corrected chi connectivity index (χ1v) is 4.72. The average Bonchev–Trinajstić information content (AvgIpc) is 2.15. The van der Waals surface area contributed by atoms with Crippen LogP contribution in [0.3, 0.4) is 0 Å². The first-order valence-electron chi connectivity index (χ1n) is 4.72. The van der Waals surface area contributed by atoms with E-state index in [0.717, 1.165) is 5.57 Å². The molecule has 0 rings (SSSR count). The van der Waals surface area contributed by atoms with Gasteiger partial charge in [-0.2, -0.15) is 0 Å². The molecular formula is C10H20O4. The molecular weight excluding hydrogens is 184 g/mol. The molecule has 0 aromatic heterocycles. The number of allylic oxidation sites excluding steroid dienone is 1. The lowest BCUT2D eigenvalue weighted by atomic mass is 9.93. The van der Waals surface area contributed by atoms with Crippen LogP contribution in [0.5, 0.6) is 0 Å². The van der Waals surface area contributed by atoms with E-state index in [0.29, 0.717) is 12.8 Å². The Balaban J connectivity index is 3.99. The van der Waals surface area contributed by atoms with Crippen LogP contribution >= 0.6 is 0 Å². The monoisotopic (exact) mass is 204 g/mol. The fraction of sp³-hybridized carbons (Fsp3) is 0.800. The molecule has 0 radical (unpaired) electrons. The highest BCUT2D eigenvalue weighted by Gasteiger charge is 2.28. The van der Waals surface area contributed by atoms with E-state index in [9.17, 15) is 10.2 Å². The van der Waals surface area contributed by atoms with Gasteiger partial charge in [0.25, 0.3) is 0 Å². The molecule has 0 aliphatic carbocycles. The Morgan fingerprint density at radius 3 is 2.43 bits per heavy atom. The number of hydrogen-bond donors (Lipinski definition) is 4. The van der Waals surface area contributed by atoms with E-state index >= 15 is 0 Å². The Labute approximate surface area is 84.5 Å². The van der Waals surface area contributed by atoms with Crippen LogP contribution in [0.1, 0.15) is 26.7 Å². The zero-order chi connectivity index (χ0) is 11.2. The van der Waals surface area contributed by atoms with Crippen LogP contribution in [0.15, 0.2) is 11.6 Å². The maximum atomic E-state index is 9.67. The van der Waals surface area contributed by atoms with Crippen LogP contribution in [0.4, 0.5) is 0 Å². The maximum absolute atomic E-state index is 9.67. The Kier molecular flexibility index (Phi) is 5.95. The molecule has 0 saturated heterocycles. The molecule has 0 aliphatic heterocycles. The van der Waals surface area contributed by atoms with Crippen molar-refractivity contribution < 1.29 is 20.4 Å². The zero-order valence-electron chi connectivity index (χ0n) is 8.77. The number of aliphatic hydroxyl groups is 4. The number of rotatable bonds is 6. The molecule has 0 spiro atoms. The lowest BCUT2D eigenvalue weighted by Gasteiger charge is -2.27. The summed E-state index contributed by atoms with van der Waals surface area (Å²) in [6.45, 7) is 2.83. The summed E-state index contributed by atoms with van der Waals surface area (Å²) < 4.78 is 0. The van der Waals surface area contributed by atoms with Crippen molar-refractivity contribution in [3.8, 4) is 0 Å². The Bertz CT molecular complexity index is 187. The molecule has 0 bridgehead atoms. The van der Waals surface area contributed by atoms with E-state index in [4.69, 9.17) is 10.2 Å². The maximum Gasteiger partial charge on any atom is 0.105 e. The summed E-state index contributed by atoms with van der Waals surface area (Å²) in [7, 11) is 0. The van der Waals surface area contributed by atoms with Gasteiger partial charge in [-0.05, 0) is 26.7 Å². The molecule has 14 heavy (non-hydrogen) atoms. The molecule has 4 N–H and O–H groups in total. The molecule has 2 atom stereocenters. The second-order valence-corrected chi connectivity index (χ2v) is 3.80. The SMILES string of the molecule is C/C(=C\CC[C@@](C)(O)[C@H](O)CO)CO. The van der Waals surface area contributed by atoms with Crippen molar-refractivity contribution >= 4 is 0 Å². The highest BCUT2D eigenvalue weighted by atomic mass is 16.4. The highest BCUT2D eigenvalue weighted by molar-refractivity contribution is 4.98. The van der Waals surface area contributed by atoms with Crippen molar-refractivity contribution in [2.24, 2.45) is 0 Å². The Morgan fingerprint density at radius 2 is 2.00 bits per heavy atom. The van der Waals surface area contributed by atoms with Crippen LogP contribution in [-0.4, -0.2) is 45.3 Å². The molecule has 0 aromatic rings. The average molecular weight is 204 g/mol. The minimum atomic E-state index is -1.28. The van der Waals surface area contributed by atoms with Crippen LogP contribution in [0.25, 0.3) is 0 Å². The van der Waals surface area contributed by atoms with Crippen molar-refractivity contribution in [2.45, 2.75) is 38.4 Å². The summed E-state index contributed by atoms with van der Waals surface area (Å²) in [5.41, 5.74) is -0.444. The Morgan fingerprint density at radius 1 is 1.43 bits per heavy atom. The number of hydrogen-bond acceptors (Lipinski definition) is 4. The molecule has 0 saturated carbocycles. The van der Waals surface area contributed by atoms with Gasteiger partial charge >= 0.3 is 0 Å². The van der Waals surface area contributed by atoms with Crippen LogP contribution in [-0.2, 0) is 0 Å². The van der Waals surface area contributed by atoms with Gasteiger partial charge in [-0.25, -0.2) is 0 Å². The summed E-state index contributed by atoms with van der Waals surface area (Å²) in [4.78, 5) is 0. The van der Waals surface area contributed by atoms with E-state index < -0.39 is 18.3 Å².